The first-order valence-electron chi connectivity index (χ1n) is 1.38. The van der Waals surface area contributed by atoms with E-state index in [1.54, 1.807) is 0 Å². The van der Waals surface area contributed by atoms with E-state index >= 15 is 0 Å². The van der Waals surface area contributed by atoms with Crippen LogP contribution >= 0.6 is 0 Å². The Bertz CT molecular complexity index is 104. The maximum Gasteiger partial charge on any atom is 2.00 e. The zero-order chi connectivity index (χ0) is 7.70. The number of aliphatic hydroxyl groups excluding tert-OH is 1. The largest absolute Gasteiger partial charge is 2.00 e. The first-order valence-corrected chi connectivity index (χ1v) is 1.38. The second-order valence-electron chi connectivity index (χ2n) is 0.490. The van der Waals surface area contributed by atoms with Gasteiger partial charge in [0.2, 0.25) is 0 Å². The van der Waals surface area contributed by atoms with Gasteiger partial charge in [-0.1, -0.05) is 12.9 Å². The molecule has 8 heteroatoms. The Balaban J connectivity index is -0.000000107. The molecule has 1 N–H and O–H groups in total. The molecule has 0 aromatic carbocycles. The van der Waals surface area contributed by atoms with Gasteiger partial charge in [-0.3, -0.25) is 0 Å². The molecule has 0 aliphatic heterocycles. The van der Waals surface area contributed by atoms with Crippen LogP contribution in [0.3, 0.4) is 0 Å². The number of carbonyl (C=O) groups excluding carboxylic acids is 1. The fourth-order valence-corrected chi connectivity index (χ4v) is 0.0304. The Morgan fingerprint density at radius 1 is 1.50 bits per heavy atom. The summed E-state index contributed by atoms with van der Waals surface area (Å²) in [6.07, 6.45) is 0. The van der Waals surface area contributed by atoms with Crippen LogP contribution in [0, 0.1) is 10.1 Å². The fraction of sp³-hybridized carbons (Fsp3) is 0. The first kappa shape index (κ1) is 16.1. The van der Waals surface area contributed by atoms with E-state index in [2.05, 4.69) is 4.84 Å². The number of rotatable bonds is 2. The van der Waals surface area contributed by atoms with E-state index in [1.165, 1.54) is 0 Å². The van der Waals surface area contributed by atoms with Crippen LogP contribution in [0.15, 0.2) is 0 Å². The molecular weight excluding hydrogens is 249 g/mol. The quantitative estimate of drug-likeness (QED) is 0.362. The van der Waals surface area contributed by atoms with Gasteiger partial charge in [0.15, 0.2) is 0 Å². The molecule has 0 fully saturated rings. The van der Waals surface area contributed by atoms with Crippen LogP contribution in [0.1, 0.15) is 0 Å². The van der Waals surface area contributed by atoms with E-state index in [9.17, 15) is 0 Å². The molecule has 0 saturated heterocycles. The maximum absolute atomic E-state index is 8.92. The summed E-state index contributed by atoms with van der Waals surface area (Å²) in [6, 6.07) is 0. The van der Waals surface area contributed by atoms with Crippen LogP contribution in [-0.2, 0) is 14.4 Å². The van der Waals surface area contributed by atoms with E-state index in [1.807, 2.05) is 0 Å². The molecule has 0 bridgehead atoms. The minimum absolute atomic E-state index is 0. The molecule has 0 aliphatic carbocycles. The van der Waals surface area contributed by atoms with Gasteiger partial charge in [0.1, 0.15) is 0 Å². The van der Waals surface area contributed by atoms with Crippen molar-refractivity contribution in [1.82, 2.24) is 0 Å². The Morgan fingerprint density at radius 2 is 1.80 bits per heavy atom. The third-order valence-corrected chi connectivity index (χ3v) is 0.112. The third kappa shape index (κ3) is 56.9. The Morgan fingerprint density at radius 3 is 1.80 bits per heavy atom. The van der Waals surface area contributed by atoms with Crippen LogP contribution < -0.4 is 0 Å². The van der Waals surface area contributed by atoms with E-state index in [4.69, 9.17) is 24.8 Å². The van der Waals surface area contributed by atoms with Crippen LogP contribution in [-0.4, -0.2) is 49.0 Å². The topological polar surface area (TPSA) is 107 Å². The van der Waals surface area contributed by atoms with Gasteiger partial charge in [-0.25, -0.2) is 0 Å². The second kappa shape index (κ2) is 15.7. The van der Waals surface area contributed by atoms with E-state index in [0.717, 1.165) is 0 Å². The average Bonchev–Trinajstić information content (AvgIpc) is 1.67. The predicted molar refractivity (Wildman–Crippen MR) is 27.8 cm³/mol. The molecule has 0 spiro atoms. The van der Waals surface area contributed by atoms with Crippen LogP contribution in [0.2, 0.25) is 0 Å². The van der Waals surface area contributed by atoms with E-state index in [0.29, 0.717) is 12.9 Å². The second-order valence-corrected chi connectivity index (χ2v) is 0.490. The normalized spacial score (nSPS) is 5.20. The number of nitrogens with zero attached hydrogens (tertiary/aromatic N) is 1. The molecule has 0 atom stereocenters. The van der Waals surface area contributed by atoms with Gasteiger partial charge in [-0.05, 0) is 0 Å². The summed E-state index contributed by atoms with van der Waals surface area (Å²) in [5, 5.41) is 14.4. The molecule has 0 amide bonds. The van der Waals surface area contributed by atoms with Gasteiger partial charge in [0, 0.05) is 0 Å². The van der Waals surface area contributed by atoms with Gasteiger partial charge in [0.05, 0.1) is 0 Å². The van der Waals surface area contributed by atoms with Crippen LogP contribution in [0.25, 0.3) is 0 Å². The van der Waals surface area contributed by atoms with Crippen molar-refractivity contribution in [3.05, 3.63) is 10.1 Å². The standard InChI is InChI=1S/CNO4.CHO2.In/c3-1-6-2(4)5;2-1-3;/h;(H,2,3);/q2*-1;+2. The SMILES string of the molecule is O=[C-]O.O=[C-]O[N+](=O)[O-].[In+2]. The van der Waals surface area contributed by atoms with Gasteiger partial charge in [-0.15, -0.1) is 10.1 Å². The van der Waals surface area contributed by atoms with Gasteiger partial charge < -0.3 is 19.5 Å². The molecular formula is C2HInNO6. The zero-order valence-electron chi connectivity index (χ0n) is 4.51. The Labute approximate surface area is 73.9 Å². The minimum atomic E-state index is -1.24. The molecule has 53 valence electrons. The number of hydrogen-bond donors (Lipinski definition) is 1. The van der Waals surface area contributed by atoms with Crippen molar-refractivity contribution < 1.29 is 24.6 Å². The van der Waals surface area contributed by atoms with Gasteiger partial charge in [-0.2, -0.15) is 0 Å². The molecule has 0 aromatic heterocycles. The van der Waals surface area contributed by atoms with Crippen molar-refractivity contribution in [1.29, 1.82) is 0 Å². The summed E-state index contributed by atoms with van der Waals surface area (Å²) < 4.78 is 0. The molecule has 10 heavy (non-hydrogen) atoms. The summed E-state index contributed by atoms with van der Waals surface area (Å²) >= 11 is 0. The van der Waals surface area contributed by atoms with E-state index < -0.39 is 5.09 Å². The smallest absolute Gasteiger partial charge is 0.665 e. The van der Waals surface area contributed by atoms with Gasteiger partial charge in [0.25, 0.3) is 5.09 Å². The Kier molecular flexibility index (Phi) is 25.3. The minimum Gasteiger partial charge on any atom is -0.665 e. The van der Waals surface area contributed by atoms with Crippen molar-refractivity contribution in [3.8, 4) is 0 Å². The van der Waals surface area contributed by atoms with Crippen molar-refractivity contribution in [2.75, 3.05) is 0 Å². The van der Waals surface area contributed by atoms with Crippen LogP contribution in [0.4, 0.5) is 0 Å². The van der Waals surface area contributed by atoms with Crippen LogP contribution in [0.5, 0.6) is 0 Å². The fourth-order valence-electron chi connectivity index (χ4n) is 0.0304. The number of hydrogen-bond acceptors (Lipinski definition) is 5. The van der Waals surface area contributed by atoms with Crippen molar-refractivity contribution in [2.24, 2.45) is 0 Å². The zero-order valence-corrected chi connectivity index (χ0v) is 7.81. The molecule has 1 radical (unpaired) electrons. The molecule has 0 rings (SSSR count). The summed E-state index contributed by atoms with van der Waals surface area (Å²) in [5.74, 6) is 0. The summed E-state index contributed by atoms with van der Waals surface area (Å²) in [6.45, 7) is 1.12. The van der Waals surface area contributed by atoms with E-state index in [-0.39, 0.29) is 25.8 Å². The molecule has 7 nitrogen and oxygen atoms in total. The predicted octanol–water partition coefficient (Wildman–Crippen LogP) is -1.51. The van der Waals surface area contributed by atoms with Crippen molar-refractivity contribution in [3.63, 3.8) is 0 Å². The first-order chi connectivity index (χ1) is 4.18. The average molecular weight is 250 g/mol. The Hall–Kier alpha value is -0.790. The molecule has 0 unspecified atom stereocenters. The van der Waals surface area contributed by atoms with Crippen molar-refractivity contribution >= 4 is 38.8 Å². The summed E-state index contributed by atoms with van der Waals surface area (Å²) in [7, 11) is 0. The van der Waals surface area contributed by atoms with Gasteiger partial charge >= 0.3 is 25.8 Å². The molecule has 0 heterocycles. The molecule has 0 aliphatic rings. The maximum atomic E-state index is 8.92. The molecule has 0 aromatic rings. The third-order valence-electron chi connectivity index (χ3n) is 0.112. The van der Waals surface area contributed by atoms with Crippen molar-refractivity contribution in [2.45, 2.75) is 0 Å². The monoisotopic (exact) mass is 250 g/mol. The molecule has 0 saturated carbocycles. The summed E-state index contributed by atoms with van der Waals surface area (Å²) in [5.41, 5.74) is 0. The summed E-state index contributed by atoms with van der Waals surface area (Å²) in [4.78, 5) is 28.9.